The lowest BCUT2D eigenvalue weighted by Crippen LogP contribution is -2.37. The van der Waals surface area contributed by atoms with Crippen molar-refractivity contribution in [2.45, 2.75) is 19.0 Å². The fourth-order valence-electron chi connectivity index (χ4n) is 2.79. The van der Waals surface area contributed by atoms with Gasteiger partial charge in [0.15, 0.2) is 6.61 Å². The number of rotatable bonds is 5. The number of carbonyl (C=O) groups is 2. The van der Waals surface area contributed by atoms with Gasteiger partial charge in [0, 0.05) is 18.8 Å². The summed E-state index contributed by atoms with van der Waals surface area (Å²) in [5.41, 5.74) is 2.28. The molecule has 1 aliphatic rings. The Labute approximate surface area is 145 Å². The van der Waals surface area contributed by atoms with Crippen molar-refractivity contribution in [3.8, 4) is 5.75 Å². The molecule has 0 saturated carbocycles. The molecule has 2 atom stereocenters. The predicted molar refractivity (Wildman–Crippen MR) is 92.1 cm³/mol. The van der Waals surface area contributed by atoms with Gasteiger partial charge < -0.3 is 20.7 Å². The summed E-state index contributed by atoms with van der Waals surface area (Å²) in [6, 6.07) is 4.76. The monoisotopic (exact) mass is 343 g/mol. The van der Waals surface area contributed by atoms with Gasteiger partial charge in [0.1, 0.15) is 11.8 Å². The molecule has 1 aliphatic heterocycles. The number of hydrogen-bond donors (Lipinski definition) is 3. The molecule has 2 amide bonds. The molecule has 0 saturated heterocycles. The second-order valence-corrected chi connectivity index (χ2v) is 5.99. The zero-order chi connectivity index (χ0) is 18.0. The first-order chi connectivity index (χ1) is 12.0. The van der Waals surface area contributed by atoms with Crippen molar-refractivity contribution in [2.24, 2.45) is 7.05 Å². The second-order valence-electron chi connectivity index (χ2n) is 5.99. The zero-order valence-electron chi connectivity index (χ0n) is 14.4. The molecule has 8 heteroatoms. The van der Waals surface area contributed by atoms with Crippen LogP contribution in [0.3, 0.4) is 0 Å². The van der Waals surface area contributed by atoms with Crippen molar-refractivity contribution in [3.63, 3.8) is 0 Å². The van der Waals surface area contributed by atoms with E-state index < -0.39 is 6.04 Å². The lowest BCUT2D eigenvalue weighted by Gasteiger charge is -2.22. The molecular weight excluding hydrogens is 322 g/mol. The Balaban J connectivity index is 1.73. The van der Waals surface area contributed by atoms with Crippen LogP contribution in [0.2, 0.25) is 0 Å². The molecule has 25 heavy (non-hydrogen) atoms. The van der Waals surface area contributed by atoms with Crippen LogP contribution in [0, 0.1) is 0 Å². The summed E-state index contributed by atoms with van der Waals surface area (Å²) in [6.07, 6.45) is 3.47. The van der Waals surface area contributed by atoms with Crippen LogP contribution in [0.25, 0.3) is 0 Å². The topological polar surface area (TPSA) is 97.3 Å². The van der Waals surface area contributed by atoms with Gasteiger partial charge in [-0.05, 0) is 31.7 Å². The van der Waals surface area contributed by atoms with E-state index in [1.54, 1.807) is 37.2 Å². The number of carbonyl (C=O) groups excluding carboxylic acids is 2. The van der Waals surface area contributed by atoms with Gasteiger partial charge in [-0.1, -0.05) is 6.07 Å². The highest BCUT2D eigenvalue weighted by atomic mass is 16.5. The summed E-state index contributed by atoms with van der Waals surface area (Å²) in [5.74, 6) is 0.291. The van der Waals surface area contributed by atoms with Gasteiger partial charge in [0.05, 0.1) is 17.9 Å². The first-order valence-electron chi connectivity index (χ1n) is 8.00. The molecule has 3 N–H and O–H groups in total. The highest BCUT2D eigenvalue weighted by Gasteiger charge is 2.23. The van der Waals surface area contributed by atoms with Crippen molar-refractivity contribution in [1.29, 1.82) is 0 Å². The van der Waals surface area contributed by atoms with Gasteiger partial charge in [0.25, 0.3) is 5.91 Å². The maximum Gasteiger partial charge on any atom is 0.262 e. The van der Waals surface area contributed by atoms with E-state index in [1.807, 2.05) is 19.1 Å². The Morgan fingerprint density at radius 2 is 2.20 bits per heavy atom. The molecule has 0 radical (unpaired) electrons. The number of anilines is 1. The van der Waals surface area contributed by atoms with Gasteiger partial charge in [-0.2, -0.15) is 5.10 Å². The minimum atomic E-state index is -0.489. The summed E-state index contributed by atoms with van der Waals surface area (Å²) in [7, 11) is 3.54. The van der Waals surface area contributed by atoms with E-state index in [1.165, 1.54) is 0 Å². The molecule has 0 spiro atoms. The highest BCUT2D eigenvalue weighted by molar-refractivity contribution is 5.95. The summed E-state index contributed by atoms with van der Waals surface area (Å²) in [5, 5.41) is 12.9. The Kier molecular flexibility index (Phi) is 4.71. The molecule has 2 heterocycles. The maximum atomic E-state index is 12.6. The van der Waals surface area contributed by atoms with Crippen LogP contribution in [-0.2, 0) is 16.6 Å². The van der Waals surface area contributed by atoms with E-state index in [2.05, 4.69) is 21.0 Å². The van der Waals surface area contributed by atoms with E-state index in [-0.39, 0.29) is 24.5 Å². The molecule has 1 aromatic carbocycles. The molecule has 2 unspecified atom stereocenters. The number of benzene rings is 1. The largest absolute Gasteiger partial charge is 0.482 e. The first kappa shape index (κ1) is 17.0. The molecule has 2 aromatic rings. The molecule has 0 bridgehead atoms. The van der Waals surface area contributed by atoms with Gasteiger partial charge in [0.2, 0.25) is 5.91 Å². The lowest BCUT2D eigenvalue weighted by atomic mass is 10.0. The molecule has 0 aliphatic carbocycles. The predicted octanol–water partition coefficient (Wildman–Crippen LogP) is 0.889. The van der Waals surface area contributed by atoms with Gasteiger partial charge in [-0.25, -0.2) is 0 Å². The molecule has 3 rings (SSSR count). The van der Waals surface area contributed by atoms with Crippen molar-refractivity contribution in [3.05, 3.63) is 41.7 Å². The summed E-state index contributed by atoms with van der Waals surface area (Å²) < 4.78 is 7.00. The van der Waals surface area contributed by atoms with Crippen LogP contribution in [-0.4, -0.2) is 35.2 Å². The third-order valence-electron chi connectivity index (χ3n) is 4.10. The number of nitrogens with one attached hydrogen (secondary N) is 3. The van der Waals surface area contributed by atoms with Crippen LogP contribution in [0.1, 0.15) is 30.1 Å². The first-order valence-corrected chi connectivity index (χ1v) is 8.00. The van der Waals surface area contributed by atoms with E-state index >= 15 is 0 Å². The number of ether oxygens (including phenoxy) is 1. The Morgan fingerprint density at radius 1 is 1.40 bits per heavy atom. The lowest BCUT2D eigenvalue weighted by molar-refractivity contribution is -0.124. The fraction of sp³-hybridized carbons (Fsp3) is 0.353. The van der Waals surface area contributed by atoms with E-state index in [9.17, 15) is 9.59 Å². The third kappa shape index (κ3) is 3.63. The summed E-state index contributed by atoms with van der Waals surface area (Å²) in [4.78, 5) is 24.1. The fourth-order valence-corrected chi connectivity index (χ4v) is 2.79. The number of likely N-dealkylation sites (N-methyl/N-ethyl adjacent to an activating group) is 1. The average molecular weight is 343 g/mol. The molecule has 132 valence electrons. The van der Waals surface area contributed by atoms with Gasteiger partial charge in [-0.3, -0.25) is 14.3 Å². The van der Waals surface area contributed by atoms with Gasteiger partial charge in [-0.15, -0.1) is 0 Å². The van der Waals surface area contributed by atoms with E-state index in [0.717, 1.165) is 11.1 Å². The van der Waals surface area contributed by atoms with Crippen LogP contribution in [0.15, 0.2) is 30.6 Å². The summed E-state index contributed by atoms with van der Waals surface area (Å²) in [6.45, 7) is 1.91. The standard InChI is InChI=1S/C17H21N5O3/c1-10(11-4-5-14-13(6-11)21-15(23)9-25-14)20-17(24)16(18-2)12-7-19-22(3)8-12/h4-8,10,16,18H,9H2,1-3H3,(H,20,24)(H,21,23). The van der Waals surface area contributed by atoms with Crippen molar-refractivity contribution in [1.82, 2.24) is 20.4 Å². The van der Waals surface area contributed by atoms with Crippen LogP contribution in [0.4, 0.5) is 5.69 Å². The SMILES string of the molecule is CNC(C(=O)NC(C)c1ccc2c(c1)NC(=O)CO2)c1cnn(C)c1. The number of nitrogens with zero attached hydrogens (tertiary/aromatic N) is 2. The quantitative estimate of drug-likeness (QED) is 0.749. The van der Waals surface area contributed by atoms with E-state index in [0.29, 0.717) is 11.4 Å². The normalized spacial score (nSPS) is 15.6. The molecule has 8 nitrogen and oxygen atoms in total. The number of aromatic nitrogens is 2. The molecule has 0 fully saturated rings. The van der Waals surface area contributed by atoms with Crippen molar-refractivity contribution < 1.29 is 14.3 Å². The Bertz CT molecular complexity index is 801. The third-order valence-corrected chi connectivity index (χ3v) is 4.10. The average Bonchev–Trinajstić information content (AvgIpc) is 3.00. The van der Waals surface area contributed by atoms with Crippen molar-refractivity contribution >= 4 is 17.5 Å². The Morgan fingerprint density at radius 3 is 2.88 bits per heavy atom. The Hall–Kier alpha value is -2.87. The van der Waals surface area contributed by atoms with Crippen LogP contribution in [0.5, 0.6) is 5.75 Å². The second kappa shape index (κ2) is 6.94. The van der Waals surface area contributed by atoms with Crippen molar-refractivity contribution in [2.75, 3.05) is 19.0 Å². The zero-order valence-corrected chi connectivity index (χ0v) is 14.4. The van der Waals surface area contributed by atoms with Gasteiger partial charge >= 0.3 is 0 Å². The number of fused-ring (bicyclic) bond motifs is 1. The number of amides is 2. The van der Waals surface area contributed by atoms with Crippen LogP contribution >= 0.6 is 0 Å². The minimum Gasteiger partial charge on any atom is -0.482 e. The van der Waals surface area contributed by atoms with E-state index in [4.69, 9.17) is 4.74 Å². The maximum absolute atomic E-state index is 12.6. The smallest absolute Gasteiger partial charge is 0.262 e. The number of hydrogen-bond acceptors (Lipinski definition) is 5. The van der Waals surface area contributed by atoms with Crippen LogP contribution < -0.4 is 20.7 Å². The number of aryl methyl sites for hydroxylation is 1. The minimum absolute atomic E-state index is 0.0214. The molecular formula is C17H21N5O3. The highest BCUT2D eigenvalue weighted by Crippen LogP contribution is 2.30. The molecule has 1 aromatic heterocycles. The summed E-state index contributed by atoms with van der Waals surface area (Å²) >= 11 is 0.